The van der Waals surface area contributed by atoms with Crippen molar-refractivity contribution in [2.45, 2.75) is 33.1 Å². The molecule has 1 aliphatic rings. The Morgan fingerprint density at radius 2 is 1.72 bits per heavy atom. The van der Waals surface area contributed by atoms with E-state index in [1.54, 1.807) is 18.2 Å². The summed E-state index contributed by atoms with van der Waals surface area (Å²) >= 11 is 1.35. The van der Waals surface area contributed by atoms with Gasteiger partial charge in [0.25, 0.3) is 5.91 Å². The maximum absolute atomic E-state index is 13.0. The molecule has 7 heteroatoms. The van der Waals surface area contributed by atoms with Gasteiger partial charge in [0.05, 0.1) is 17.4 Å². The van der Waals surface area contributed by atoms with E-state index in [1.807, 2.05) is 38.1 Å². The smallest absolute Gasteiger partial charge is 0.307 e. The Labute approximate surface area is 173 Å². The Bertz CT molecular complexity index is 949. The highest BCUT2D eigenvalue weighted by Crippen LogP contribution is 2.35. The number of rotatable bonds is 6. The van der Waals surface area contributed by atoms with Gasteiger partial charge in [0.15, 0.2) is 0 Å². The van der Waals surface area contributed by atoms with Crippen LogP contribution in [0.4, 0.5) is 10.7 Å². The molecule has 152 valence electrons. The van der Waals surface area contributed by atoms with Crippen LogP contribution < -0.4 is 10.6 Å². The molecular formula is C22H24N2O4S. The van der Waals surface area contributed by atoms with E-state index in [1.165, 1.54) is 11.3 Å². The third-order valence-electron chi connectivity index (χ3n) is 5.14. The SMILES string of the molecule is CCc1c(C)sc(NC(=O)C2CC=CCC2C(=O)O)c1C(=O)Nc1ccccc1. The number of aryl methyl sites for hydroxylation is 1. The van der Waals surface area contributed by atoms with Crippen LogP contribution in [0.3, 0.4) is 0 Å². The highest BCUT2D eigenvalue weighted by molar-refractivity contribution is 7.16. The summed E-state index contributed by atoms with van der Waals surface area (Å²) in [6.07, 6.45) is 4.99. The Balaban J connectivity index is 1.87. The fourth-order valence-electron chi connectivity index (χ4n) is 3.63. The van der Waals surface area contributed by atoms with Gasteiger partial charge in [-0.1, -0.05) is 37.3 Å². The van der Waals surface area contributed by atoms with Gasteiger partial charge in [-0.3, -0.25) is 14.4 Å². The molecule has 29 heavy (non-hydrogen) atoms. The zero-order valence-electron chi connectivity index (χ0n) is 16.4. The van der Waals surface area contributed by atoms with Gasteiger partial charge in [-0.25, -0.2) is 0 Å². The number of carboxylic acid groups (broad SMARTS) is 1. The largest absolute Gasteiger partial charge is 0.481 e. The average molecular weight is 413 g/mol. The van der Waals surface area contributed by atoms with Crippen LogP contribution in [0.1, 0.15) is 40.6 Å². The van der Waals surface area contributed by atoms with Crippen LogP contribution in [-0.4, -0.2) is 22.9 Å². The first-order valence-corrected chi connectivity index (χ1v) is 10.4. The van der Waals surface area contributed by atoms with Crippen LogP contribution in [0.15, 0.2) is 42.5 Å². The number of anilines is 2. The number of aliphatic carboxylic acids is 1. The molecule has 0 fully saturated rings. The maximum atomic E-state index is 13.0. The lowest BCUT2D eigenvalue weighted by molar-refractivity contribution is -0.146. The molecule has 0 bridgehead atoms. The van der Waals surface area contributed by atoms with Gasteiger partial charge in [-0.2, -0.15) is 0 Å². The van der Waals surface area contributed by atoms with Crippen LogP contribution in [0.25, 0.3) is 0 Å². The van der Waals surface area contributed by atoms with Crippen molar-refractivity contribution in [2.24, 2.45) is 11.8 Å². The van der Waals surface area contributed by atoms with E-state index >= 15 is 0 Å². The monoisotopic (exact) mass is 412 g/mol. The van der Waals surface area contributed by atoms with Crippen LogP contribution in [0.2, 0.25) is 0 Å². The minimum atomic E-state index is -0.979. The van der Waals surface area contributed by atoms with E-state index < -0.39 is 17.8 Å². The first-order valence-electron chi connectivity index (χ1n) is 9.59. The molecule has 2 aromatic rings. The van der Waals surface area contributed by atoms with Crippen molar-refractivity contribution in [1.29, 1.82) is 0 Å². The Kier molecular flexibility index (Phi) is 6.49. The molecule has 0 saturated carbocycles. The van der Waals surface area contributed by atoms with E-state index in [0.29, 0.717) is 35.5 Å². The summed E-state index contributed by atoms with van der Waals surface area (Å²) < 4.78 is 0. The lowest BCUT2D eigenvalue weighted by atomic mass is 9.82. The molecule has 1 aromatic carbocycles. The number of hydrogen-bond donors (Lipinski definition) is 3. The van der Waals surface area contributed by atoms with Crippen molar-refractivity contribution in [1.82, 2.24) is 0 Å². The third kappa shape index (κ3) is 4.56. The quantitative estimate of drug-likeness (QED) is 0.610. The third-order valence-corrected chi connectivity index (χ3v) is 6.21. The predicted octanol–water partition coefficient (Wildman–Crippen LogP) is 4.48. The van der Waals surface area contributed by atoms with Crippen LogP contribution >= 0.6 is 11.3 Å². The number of allylic oxidation sites excluding steroid dienone is 2. The highest BCUT2D eigenvalue weighted by atomic mass is 32.1. The number of carbonyl (C=O) groups excluding carboxylic acids is 2. The van der Waals surface area contributed by atoms with E-state index in [-0.39, 0.29) is 11.8 Å². The van der Waals surface area contributed by atoms with Gasteiger partial charge in [0.1, 0.15) is 5.00 Å². The van der Waals surface area contributed by atoms with Crippen molar-refractivity contribution in [2.75, 3.05) is 10.6 Å². The zero-order valence-corrected chi connectivity index (χ0v) is 17.2. The number of para-hydroxylation sites is 1. The maximum Gasteiger partial charge on any atom is 0.307 e. The molecule has 6 nitrogen and oxygen atoms in total. The molecule has 2 unspecified atom stereocenters. The van der Waals surface area contributed by atoms with Gasteiger partial charge in [0.2, 0.25) is 5.91 Å². The lowest BCUT2D eigenvalue weighted by Crippen LogP contribution is -2.35. The summed E-state index contributed by atoms with van der Waals surface area (Å²) in [4.78, 5) is 38.4. The summed E-state index contributed by atoms with van der Waals surface area (Å²) in [6, 6.07) is 9.13. The van der Waals surface area contributed by atoms with Gasteiger partial charge in [0, 0.05) is 10.6 Å². The number of carboxylic acids is 1. The van der Waals surface area contributed by atoms with Crippen LogP contribution in [-0.2, 0) is 16.0 Å². The number of amides is 2. The molecule has 0 radical (unpaired) electrons. The first kappa shape index (κ1) is 20.8. The number of thiophene rings is 1. The number of carbonyl (C=O) groups is 3. The van der Waals surface area contributed by atoms with Crippen LogP contribution in [0.5, 0.6) is 0 Å². The Morgan fingerprint density at radius 1 is 1.07 bits per heavy atom. The van der Waals surface area contributed by atoms with Crippen molar-refractivity contribution < 1.29 is 19.5 Å². The first-order chi connectivity index (χ1) is 13.9. The number of hydrogen-bond acceptors (Lipinski definition) is 4. The minimum absolute atomic E-state index is 0.286. The second kappa shape index (κ2) is 9.05. The predicted molar refractivity (Wildman–Crippen MR) is 114 cm³/mol. The Hall–Kier alpha value is -2.93. The van der Waals surface area contributed by atoms with Crippen molar-refractivity contribution >= 4 is 39.8 Å². The second-order valence-corrected chi connectivity index (χ2v) is 8.22. The van der Waals surface area contributed by atoms with Crippen molar-refractivity contribution in [3.63, 3.8) is 0 Å². The molecule has 0 saturated heterocycles. The normalized spacial score (nSPS) is 18.3. The number of nitrogens with one attached hydrogen (secondary N) is 2. The molecule has 1 aliphatic carbocycles. The topological polar surface area (TPSA) is 95.5 Å². The molecule has 0 aliphatic heterocycles. The van der Waals surface area contributed by atoms with Gasteiger partial charge >= 0.3 is 5.97 Å². The highest BCUT2D eigenvalue weighted by Gasteiger charge is 2.35. The van der Waals surface area contributed by atoms with Gasteiger partial charge < -0.3 is 15.7 Å². The molecule has 3 N–H and O–H groups in total. The minimum Gasteiger partial charge on any atom is -0.481 e. The fraction of sp³-hybridized carbons (Fsp3) is 0.318. The van der Waals surface area contributed by atoms with Crippen molar-refractivity contribution in [3.05, 3.63) is 58.5 Å². The van der Waals surface area contributed by atoms with E-state index in [2.05, 4.69) is 10.6 Å². The van der Waals surface area contributed by atoms with Crippen molar-refractivity contribution in [3.8, 4) is 0 Å². The molecule has 1 heterocycles. The van der Waals surface area contributed by atoms with E-state index in [4.69, 9.17) is 0 Å². The standard InChI is InChI=1S/C22H24N2O4S/c1-3-15-13(2)29-21(18(15)20(26)23-14-9-5-4-6-10-14)24-19(25)16-11-7-8-12-17(16)22(27)28/h4-10,16-17H,3,11-12H2,1-2H3,(H,23,26)(H,24,25)(H,27,28). The Morgan fingerprint density at radius 3 is 2.34 bits per heavy atom. The zero-order chi connectivity index (χ0) is 21.0. The molecule has 2 atom stereocenters. The lowest BCUT2D eigenvalue weighted by Gasteiger charge is -2.24. The summed E-state index contributed by atoms with van der Waals surface area (Å²) in [6.45, 7) is 3.88. The van der Waals surface area contributed by atoms with E-state index in [0.717, 1.165) is 10.4 Å². The molecule has 1 aromatic heterocycles. The second-order valence-electron chi connectivity index (χ2n) is 7.00. The van der Waals surface area contributed by atoms with E-state index in [9.17, 15) is 19.5 Å². The summed E-state index contributed by atoms with van der Waals surface area (Å²) in [5.41, 5.74) is 2.01. The molecule has 0 spiro atoms. The summed E-state index contributed by atoms with van der Waals surface area (Å²) in [5, 5.41) is 15.6. The van der Waals surface area contributed by atoms with Gasteiger partial charge in [-0.15, -0.1) is 11.3 Å². The number of benzene rings is 1. The van der Waals surface area contributed by atoms with Crippen LogP contribution in [0, 0.1) is 18.8 Å². The summed E-state index contributed by atoms with van der Waals surface area (Å²) in [7, 11) is 0. The fourth-order valence-corrected chi connectivity index (χ4v) is 4.77. The summed E-state index contributed by atoms with van der Waals surface area (Å²) in [5.74, 6) is -3.04. The molecular weight excluding hydrogens is 388 g/mol. The molecule has 3 rings (SSSR count). The average Bonchev–Trinajstić information content (AvgIpc) is 3.03. The molecule has 2 amide bonds. The van der Waals surface area contributed by atoms with Gasteiger partial charge in [-0.05, 0) is 43.9 Å².